The van der Waals surface area contributed by atoms with Crippen LogP contribution in [0.25, 0.3) is 11.3 Å². The van der Waals surface area contributed by atoms with Crippen molar-refractivity contribution in [1.29, 1.82) is 5.26 Å². The molecule has 2 aliphatic heterocycles. The molecule has 1 saturated heterocycles. The molecular weight excluding hydrogens is 406 g/mol. The molecule has 0 aliphatic carbocycles. The third kappa shape index (κ3) is 3.88. The minimum Gasteiger partial charge on any atom is -0.410 e. The van der Waals surface area contributed by atoms with Crippen molar-refractivity contribution in [3.8, 4) is 23.1 Å². The van der Waals surface area contributed by atoms with Crippen LogP contribution in [0.2, 0.25) is 0 Å². The van der Waals surface area contributed by atoms with Crippen LogP contribution in [0.15, 0.2) is 42.7 Å². The van der Waals surface area contributed by atoms with Gasteiger partial charge in [0.15, 0.2) is 0 Å². The number of carbonyl (C=O) groups excluding carboxylic acids is 1. The summed E-state index contributed by atoms with van der Waals surface area (Å²) in [5.41, 5.74) is 4.64. The zero-order chi connectivity index (χ0) is 22.1. The maximum absolute atomic E-state index is 11.4. The minimum absolute atomic E-state index is 0.295. The summed E-state index contributed by atoms with van der Waals surface area (Å²) in [6, 6.07) is 12.0. The van der Waals surface area contributed by atoms with Crippen molar-refractivity contribution in [3.05, 3.63) is 59.4 Å². The standard InChI is InChI=1S/C23H23N7O2/c1-15-13-29(6-7-30(15)21-5-2-16(9-24)10-25-21)14-19-12-27-28-22(19)17-3-4-20-18(8-17)11-26-23(31)32-20/h2-5,8,10,12,15H,6-7,11,13-14H2,1H3,(H,26,31)(H,27,28)/t15-/m0/s1. The van der Waals surface area contributed by atoms with Gasteiger partial charge in [0.2, 0.25) is 0 Å². The van der Waals surface area contributed by atoms with Crippen LogP contribution < -0.4 is 15.0 Å². The van der Waals surface area contributed by atoms with E-state index in [-0.39, 0.29) is 0 Å². The van der Waals surface area contributed by atoms with Crippen molar-refractivity contribution in [2.75, 3.05) is 24.5 Å². The second kappa shape index (κ2) is 8.32. The first-order chi connectivity index (χ1) is 15.6. The Bertz CT molecular complexity index is 1180. The number of carbonyl (C=O) groups is 1. The lowest BCUT2D eigenvalue weighted by molar-refractivity contribution is 0.194. The summed E-state index contributed by atoms with van der Waals surface area (Å²) >= 11 is 0. The number of piperazine rings is 1. The highest BCUT2D eigenvalue weighted by molar-refractivity contribution is 5.74. The van der Waals surface area contributed by atoms with Crippen LogP contribution in [0, 0.1) is 11.3 Å². The van der Waals surface area contributed by atoms with Crippen LogP contribution >= 0.6 is 0 Å². The molecule has 32 heavy (non-hydrogen) atoms. The Hall–Kier alpha value is -3.90. The number of hydrogen-bond acceptors (Lipinski definition) is 7. The summed E-state index contributed by atoms with van der Waals surface area (Å²) in [5.74, 6) is 1.50. The summed E-state index contributed by atoms with van der Waals surface area (Å²) in [4.78, 5) is 20.6. The number of amides is 1. The summed E-state index contributed by atoms with van der Waals surface area (Å²) in [5, 5.41) is 19.1. The molecular formula is C23H23N7O2. The number of benzene rings is 1. The van der Waals surface area contributed by atoms with Gasteiger partial charge >= 0.3 is 6.09 Å². The SMILES string of the molecule is C[C@H]1CN(Cc2cn[nH]c2-c2ccc3c(c2)CNC(=O)O3)CCN1c1ccc(C#N)cn1. The number of nitrogens with zero attached hydrogens (tertiary/aromatic N) is 5. The van der Waals surface area contributed by atoms with E-state index in [9.17, 15) is 4.79 Å². The van der Waals surface area contributed by atoms with Gasteiger partial charge in [0, 0.05) is 61.7 Å². The molecule has 0 radical (unpaired) electrons. The molecule has 9 heteroatoms. The fourth-order valence-electron chi connectivity index (χ4n) is 4.34. The van der Waals surface area contributed by atoms with Gasteiger partial charge in [0.25, 0.3) is 0 Å². The molecule has 0 bridgehead atoms. The lowest BCUT2D eigenvalue weighted by atomic mass is 10.0. The van der Waals surface area contributed by atoms with E-state index in [4.69, 9.17) is 10.00 Å². The molecule has 5 rings (SSSR count). The Morgan fingerprint density at radius 3 is 2.94 bits per heavy atom. The Balaban J connectivity index is 1.28. The number of anilines is 1. The molecule has 4 heterocycles. The van der Waals surface area contributed by atoms with Crippen molar-refractivity contribution in [2.24, 2.45) is 0 Å². The van der Waals surface area contributed by atoms with Gasteiger partial charge in [0.1, 0.15) is 17.6 Å². The monoisotopic (exact) mass is 429 g/mol. The number of rotatable bonds is 4. The van der Waals surface area contributed by atoms with E-state index in [2.05, 4.69) is 43.3 Å². The van der Waals surface area contributed by atoms with Gasteiger partial charge < -0.3 is 15.0 Å². The largest absolute Gasteiger partial charge is 0.412 e. The van der Waals surface area contributed by atoms with Crippen LogP contribution in [0.3, 0.4) is 0 Å². The average molecular weight is 429 g/mol. The molecule has 3 aromatic rings. The molecule has 1 aromatic carbocycles. The maximum atomic E-state index is 11.4. The molecule has 1 atom stereocenters. The highest BCUT2D eigenvalue weighted by atomic mass is 16.6. The molecule has 2 aromatic heterocycles. The average Bonchev–Trinajstić information content (AvgIpc) is 3.27. The van der Waals surface area contributed by atoms with Crippen LogP contribution in [-0.2, 0) is 13.1 Å². The number of aromatic amines is 1. The van der Waals surface area contributed by atoms with Crippen LogP contribution in [0.1, 0.15) is 23.6 Å². The van der Waals surface area contributed by atoms with E-state index in [1.165, 1.54) is 0 Å². The lowest BCUT2D eigenvalue weighted by Crippen LogP contribution is -2.51. The van der Waals surface area contributed by atoms with Gasteiger partial charge in [-0.25, -0.2) is 9.78 Å². The maximum Gasteiger partial charge on any atom is 0.412 e. The van der Waals surface area contributed by atoms with E-state index in [1.807, 2.05) is 36.5 Å². The Morgan fingerprint density at radius 2 is 2.16 bits per heavy atom. The summed E-state index contributed by atoms with van der Waals surface area (Å²) in [6.45, 7) is 6.10. The Labute approximate surface area is 185 Å². The van der Waals surface area contributed by atoms with Crippen LogP contribution in [0.4, 0.5) is 10.6 Å². The second-order valence-electron chi connectivity index (χ2n) is 8.13. The van der Waals surface area contributed by atoms with Crippen molar-refractivity contribution in [3.63, 3.8) is 0 Å². The van der Waals surface area contributed by atoms with Gasteiger partial charge in [-0.15, -0.1) is 0 Å². The summed E-state index contributed by atoms with van der Waals surface area (Å²) in [7, 11) is 0. The lowest BCUT2D eigenvalue weighted by Gasteiger charge is -2.40. The first kappa shape index (κ1) is 20.0. The number of aromatic nitrogens is 3. The first-order valence-electron chi connectivity index (χ1n) is 10.6. The van der Waals surface area contributed by atoms with E-state index in [1.54, 1.807) is 6.20 Å². The number of nitrogens with one attached hydrogen (secondary N) is 2. The number of pyridine rings is 1. The molecule has 9 nitrogen and oxygen atoms in total. The van der Waals surface area contributed by atoms with Gasteiger partial charge in [-0.2, -0.15) is 10.4 Å². The molecule has 0 unspecified atom stereocenters. The zero-order valence-electron chi connectivity index (χ0n) is 17.7. The Morgan fingerprint density at radius 1 is 1.25 bits per heavy atom. The highest BCUT2D eigenvalue weighted by Gasteiger charge is 2.26. The van der Waals surface area contributed by atoms with E-state index < -0.39 is 6.09 Å². The topological polar surface area (TPSA) is 110 Å². The van der Waals surface area contributed by atoms with Crippen molar-refractivity contribution in [1.82, 2.24) is 25.4 Å². The van der Waals surface area contributed by atoms with Crippen molar-refractivity contribution < 1.29 is 9.53 Å². The van der Waals surface area contributed by atoms with Gasteiger partial charge in [0.05, 0.1) is 17.5 Å². The van der Waals surface area contributed by atoms with Crippen molar-refractivity contribution >= 4 is 11.9 Å². The van der Waals surface area contributed by atoms with E-state index >= 15 is 0 Å². The second-order valence-corrected chi connectivity index (χ2v) is 8.13. The highest BCUT2D eigenvalue weighted by Crippen LogP contribution is 2.30. The number of fused-ring (bicyclic) bond motifs is 1. The quantitative estimate of drug-likeness (QED) is 0.656. The third-order valence-electron chi connectivity index (χ3n) is 5.97. The third-order valence-corrected chi connectivity index (χ3v) is 5.97. The predicted molar refractivity (Wildman–Crippen MR) is 118 cm³/mol. The fraction of sp³-hybridized carbons (Fsp3) is 0.304. The number of nitriles is 1. The molecule has 2 aliphatic rings. The van der Waals surface area contributed by atoms with Gasteiger partial charge in [-0.1, -0.05) is 0 Å². The zero-order valence-corrected chi connectivity index (χ0v) is 17.7. The van der Waals surface area contributed by atoms with Crippen LogP contribution in [0.5, 0.6) is 5.75 Å². The molecule has 162 valence electrons. The summed E-state index contributed by atoms with van der Waals surface area (Å²) in [6.07, 6.45) is 3.09. The smallest absolute Gasteiger partial charge is 0.410 e. The molecule has 0 spiro atoms. The minimum atomic E-state index is -0.419. The molecule has 1 fully saturated rings. The summed E-state index contributed by atoms with van der Waals surface area (Å²) < 4.78 is 5.22. The molecule has 1 amide bonds. The van der Waals surface area contributed by atoms with E-state index in [0.29, 0.717) is 23.9 Å². The predicted octanol–water partition coefficient (Wildman–Crippen LogP) is 2.66. The van der Waals surface area contributed by atoms with Gasteiger partial charge in [-0.3, -0.25) is 10.00 Å². The number of ether oxygens (including phenoxy) is 1. The van der Waals surface area contributed by atoms with Gasteiger partial charge in [-0.05, 0) is 37.3 Å². The van der Waals surface area contributed by atoms with Crippen LogP contribution in [-0.4, -0.2) is 51.9 Å². The molecule has 0 saturated carbocycles. The number of hydrogen-bond donors (Lipinski definition) is 2. The normalized spacial score (nSPS) is 18.4. The first-order valence-corrected chi connectivity index (χ1v) is 10.6. The Kier molecular flexibility index (Phi) is 5.21. The fourth-order valence-corrected chi connectivity index (χ4v) is 4.34. The number of H-pyrrole nitrogens is 1. The van der Waals surface area contributed by atoms with Crippen molar-refractivity contribution in [2.45, 2.75) is 26.1 Å². The molecule has 2 N–H and O–H groups in total. The van der Waals surface area contributed by atoms with E-state index in [0.717, 1.165) is 54.4 Å².